The molecule has 1 aliphatic rings. The number of hydrogen-bond donors (Lipinski definition) is 2. The molecule has 8 nitrogen and oxygen atoms in total. The predicted molar refractivity (Wildman–Crippen MR) is 130 cm³/mol. The molecule has 0 saturated carbocycles. The van der Waals surface area contributed by atoms with Gasteiger partial charge in [0.25, 0.3) is 5.88 Å². The van der Waals surface area contributed by atoms with Crippen LogP contribution in [0.2, 0.25) is 0 Å². The first-order valence-corrected chi connectivity index (χ1v) is 11.6. The number of nitrogens with zero attached hydrogens (tertiary/aromatic N) is 5. The Labute approximate surface area is 202 Å². The van der Waals surface area contributed by atoms with E-state index < -0.39 is 11.6 Å². The summed E-state index contributed by atoms with van der Waals surface area (Å²) < 4.78 is 35.4. The van der Waals surface area contributed by atoms with Crippen LogP contribution in [0.1, 0.15) is 18.2 Å². The molecule has 4 aromatic rings. The first-order chi connectivity index (χ1) is 17.0. The molecule has 1 fully saturated rings. The van der Waals surface area contributed by atoms with Crippen molar-refractivity contribution in [2.45, 2.75) is 20.4 Å². The van der Waals surface area contributed by atoms with Crippen LogP contribution in [0.25, 0.3) is 10.9 Å². The SMILES string of the molecule is CCN1CCN(Cc2ccc(Nc3ncnc(Oc4ccc5[nH]c(C)cc5c4F)c3F)nc2)CC1. The lowest BCUT2D eigenvalue weighted by atomic mass is 10.2. The molecule has 0 unspecified atom stereocenters. The molecule has 4 heterocycles. The highest BCUT2D eigenvalue weighted by atomic mass is 19.1. The maximum atomic E-state index is 15.1. The number of aryl methyl sites for hydroxylation is 1. The van der Waals surface area contributed by atoms with Crippen LogP contribution in [-0.2, 0) is 6.54 Å². The lowest BCUT2D eigenvalue weighted by molar-refractivity contribution is 0.132. The van der Waals surface area contributed by atoms with Crippen LogP contribution < -0.4 is 10.1 Å². The highest BCUT2D eigenvalue weighted by Gasteiger charge is 2.18. The number of anilines is 2. The van der Waals surface area contributed by atoms with Gasteiger partial charge in [-0.1, -0.05) is 13.0 Å². The third-order valence-corrected chi connectivity index (χ3v) is 6.19. The zero-order valence-electron chi connectivity index (χ0n) is 19.7. The number of likely N-dealkylation sites (N-methyl/N-ethyl adjacent to an activating group) is 1. The number of ether oxygens (including phenoxy) is 1. The monoisotopic (exact) mass is 479 g/mol. The highest BCUT2D eigenvalue weighted by molar-refractivity contribution is 5.82. The summed E-state index contributed by atoms with van der Waals surface area (Å²) in [6.07, 6.45) is 2.93. The quantitative estimate of drug-likeness (QED) is 0.401. The second-order valence-corrected chi connectivity index (χ2v) is 8.62. The second-order valence-electron chi connectivity index (χ2n) is 8.62. The normalized spacial score (nSPS) is 15.0. The molecule has 3 aromatic heterocycles. The molecule has 10 heteroatoms. The molecule has 0 amide bonds. The van der Waals surface area contributed by atoms with Gasteiger partial charge in [-0.2, -0.15) is 9.37 Å². The number of H-pyrrole nitrogens is 1. The minimum atomic E-state index is -0.836. The third-order valence-electron chi connectivity index (χ3n) is 6.19. The summed E-state index contributed by atoms with van der Waals surface area (Å²) >= 11 is 0. The van der Waals surface area contributed by atoms with Crippen molar-refractivity contribution in [2.24, 2.45) is 0 Å². The summed E-state index contributed by atoms with van der Waals surface area (Å²) in [6, 6.07) is 8.52. The van der Waals surface area contributed by atoms with Gasteiger partial charge in [0.15, 0.2) is 17.4 Å². The van der Waals surface area contributed by atoms with Gasteiger partial charge in [-0.25, -0.2) is 14.4 Å². The highest BCUT2D eigenvalue weighted by Crippen LogP contribution is 2.32. The Morgan fingerprint density at radius 3 is 2.54 bits per heavy atom. The van der Waals surface area contributed by atoms with E-state index in [9.17, 15) is 4.39 Å². The van der Waals surface area contributed by atoms with Gasteiger partial charge in [-0.3, -0.25) is 4.90 Å². The Balaban J connectivity index is 1.26. The predicted octanol–water partition coefficient (Wildman–Crippen LogP) is 4.61. The van der Waals surface area contributed by atoms with Crippen LogP contribution in [0.5, 0.6) is 11.6 Å². The Kier molecular flexibility index (Phi) is 6.56. The minimum absolute atomic E-state index is 0.107. The molecule has 182 valence electrons. The summed E-state index contributed by atoms with van der Waals surface area (Å²) in [7, 11) is 0. The average molecular weight is 480 g/mol. The van der Waals surface area contributed by atoms with Crippen LogP contribution >= 0.6 is 0 Å². The maximum absolute atomic E-state index is 15.1. The zero-order valence-corrected chi connectivity index (χ0v) is 19.7. The number of aromatic nitrogens is 4. The molecule has 0 atom stereocenters. The van der Waals surface area contributed by atoms with Gasteiger partial charge in [-0.05, 0) is 43.3 Å². The van der Waals surface area contributed by atoms with Gasteiger partial charge < -0.3 is 19.9 Å². The number of hydrogen-bond acceptors (Lipinski definition) is 7. The van der Waals surface area contributed by atoms with Crippen molar-refractivity contribution in [1.82, 2.24) is 29.7 Å². The van der Waals surface area contributed by atoms with Gasteiger partial charge in [0.1, 0.15) is 12.1 Å². The lowest BCUT2D eigenvalue weighted by Gasteiger charge is -2.33. The number of rotatable bonds is 7. The van der Waals surface area contributed by atoms with Crippen molar-refractivity contribution in [1.29, 1.82) is 0 Å². The van der Waals surface area contributed by atoms with Gasteiger partial charge in [0.05, 0.1) is 0 Å². The van der Waals surface area contributed by atoms with Crippen LogP contribution in [0.4, 0.5) is 20.4 Å². The van der Waals surface area contributed by atoms with Crippen LogP contribution in [0, 0.1) is 18.6 Å². The molecule has 0 bridgehead atoms. The number of nitrogens with one attached hydrogen (secondary N) is 2. The molecule has 5 rings (SSSR count). The molecule has 1 saturated heterocycles. The van der Waals surface area contributed by atoms with Gasteiger partial charge >= 0.3 is 0 Å². The van der Waals surface area contributed by atoms with Crippen LogP contribution in [-0.4, -0.2) is 62.5 Å². The molecular weight excluding hydrogens is 452 g/mol. The zero-order chi connectivity index (χ0) is 24.4. The van der Waals surface area contributed by atoms with E-state index in [4.69, 9.17) is 4.74 Å². The van der Waals surface area contributed by atoms with Crippen molar-refractivity contribution in [3.63, 3.8) is 0 Å². The Bertz CT molecular complexity index is 1320. The first-order valence-electron chi connectivity index (χ1n) is 11.6. The average Bonchev–Trinajstić information content (AvgIpc) is 3.26. The molecule has 0 aliphatic carbocycles. The number of piperazine rings is 1. The number of aromatic amines is 1. The van der Waals surface area contributed by atoms with Gasteiger partial charge in [0, 0.05) is 55.5 Å². The first kappa shape index (κ1) is 23.1. The van der Waals surface area contributed by atoms with Crippen molar-refractivity contribution in [3.05, 3.63) is 65.7 Å². The summed E-state index contributed by atoms with van der Waals surface area (Å²) in [4.78, 5) is 20.1. The van der Waals surface area contributed by atoms with Crippen molar-refractivity contribution < 1.29 is 13.5 Å². The van der Waals surface area contributed by atoms with Crippen molar-refractivity contribution >= 4 is 22.5 Å². The number of fused-ring (bicyclic) bond motifs is 1. The van der Waals surface area contributed by atoms with E-state index in [2.05, 4.69) is 42.0 Å². The molecule has 2 N–H and O–H groups in total. The Morgan fingerprint density at radius 1 is 1.00 bits per heavy atom. The molecular formula is C25H27F2N7O. The summed E-state index contributed by atoms with van der Waals surface area (Å²) in [5, 5.41) is 3.22. The van der Waals surface area contributed by atoms with Crippen LogP contribution in [0.15, 0.2) is 42.9 Å². The Hall–Kier alpha value is -3.63. The minimum Gasteiger partial charge on any atom is -0.433 e. The molecule has 1 aromatic carbocycles. The van der Waals surface area contributed by atoms with Gasteiger partial charge in [0.2, 0.25) is 5.82 Å². The Morgan fingerprint density at radius 2 is 1.80 bits per heavy atom. The fraction of sp³-hybridized carbons (Fsp3) is 0.320. The maximum Gasteiger partial charge on any atom is 0.261 e. The van der Waals surface area contributed by atoms with E-state index in [1.54, 1.807) is 24.4 Å². The topological polar surface area (TPSA) is 82.2 Å². The molecule has 35 heavy (non-hydrogen) atoms. The molecule has 0 radical (unpaired) electrons. The van der Waals surface area contributed by atoms with E-state index >= 15 is 4.39 Å². The molecule has 1 aliphatic heterocycles. The van der Waals surface area contributed by atoms with E-state index in [-0.39, 0.29) is 17.4 Å². The lowest BCUT2D eigenvalue weighted by Crippen LogP contribution is -2.45. The van der Waals surface area contributed by atoms with Crippen LogP contribution in [0.3, 0.4) is 0 Å². The van der Waals surface area contributed by atoms with Crippen molar-refractivity contribution in [3.8, 4) is 11.6 Å². The summed E-state index contributed by atoms with van der Waals surface area (Å²) in [5.41, 5.74) is 2.53. The fourth-order valence-corrected chi connectivity index (χ4v) is 4.22. The van der Waals surface area contributed by atoms with E-state index in [0.29, 0.717) is 16.7 Å². The fourth-order valence-electron chi connectivity index (χ4n) is 4.22. The van der Waals surface area contributed by atoms with E-state index in [1.807, 2.05) is 13.0 Å². The van der Waals surface area contributed by atoms with E-state index in [0.717, 1.165) is 56.9 Å². The van der Waals surface area contributed by atoms with Crippen molar-refractivity contribution in [2.75, 3.05) is 38.0 Å². The second kappa shape index (κ2) is 9.93. The summed E-state index contributed by atoms with van der Waals surface area (Å²) in [6.45, 7) is 10.1. The van der Waals surface area contributed by atoms with E-state index in [1.165, 1.54) is 6.07 Å². The number of halogens is 2. The number of benzene rings is 1. The largest absolute Gasteiger partial charge is 0.433 e. The smallest absolute Gasteiger partial charge is 0.261 e. The number of pyridine rings is 1. The van der Waals surface area contributed by atoms with Gasteiger partial charge in [-0.15, -0.1) is 0 Å². The third kappa shape index (κ3) is 5.08. The summed E-state index contributed by atoms with van der Waals surface area (Å²) in [5.74, 6) is -1.60. The molecule has 0 spiro atoms. The standard InChI is InChI=1S/C25H27F2N7O/c1-3-33-8-10-34(11-9-33)14-17-4-7-21(28-13-17)32-24-23(27)25(30-15-29-24)35-20-6-5-19-18(22(20)26)12-16(2)31-19/h4-7,12-13,15,31H,3,8-11,14H2,1-2H3,(H,28,29,30,32).